The molecule has 88 valence electrons. The van der Waals surface area contributed by atoms with Crippen LogP contribution in [0.4, 0.5) is 5.69 Å². The molecular formula is C13H19BrN2. The van der Waals surface area contributed by atoms with Gasteiger partial charge in [-0.3, -0.25) is 0 Å². The molecule has 1 aromatic carbocycles. The second-order valence-electron chi connectivity index (χ2n) is 4.50. The highest BCUT2D eigenvalue weighted by Gasteiger charge is 2.20. The smallest absolute Gasteiger partial charge is 0.0380 e. The van der Waals surface area contributed by atoms with Crippen LogP contribution in [0.5, 0.6) is 0 Å². The number of benzene rings is 1. The fourth-order valence-corrected chi connectivity index (χ4v) is 2.95. The van der Waals surface area contributed by atoms with Gasteiger partial charge in [0.1, 0.15) is 0 Å². The van der Waals surface area contributed by atoms with Crippen molar-refractivity contribution in [1.29, 1.82) is 0 Å². The molecule has 1 heterocycles. The van der Waals surface area contributed by atoms with Crippen LogP contribution in [0.3, 0.4) is 0 Å². The summed E-state index contributed by atoms with van der Waals surface area (Å²) < 4.78 is 1.19. The van der Waals surface area contributed by atoms with Gasteiger partial charge in [-0.2, -0.15) is 0 Å². The minimum atomic E-state index is 0.673. The summed E-state index contributed by atoms with van der Waals surface area (Å²) in [6, 6.07) is 7.31. The Labute approximate surface area is 106 Å². The van der Waals surface area contributed by atoms with E-state index in [0.29, 0.717) is 12.6 Å². The molecule has 0 saturated carbocycles. The first-order valence-corrected chi connectivity index (χ1v) is 6.77. The summed E-state index contributed by atoms with van der Waals surface area (Å²) in [6.45, 7) is 4.19. The molecule has 2 nitrogen and oxygen atoms in total. The van der Waals surface area contributed by atoms with E-state index in [1.54, 1.807) is 0 Å². The first kappa shape index (κ1) is 11.9. The Balaban J connectivity index is 2.20. The summed E-state index contributed by atoms with van der Waals surface area (Å²) in [5, 5.41) is 0. The number of hydrogen-bond acceptors (Lipinski definition) is 2. The van der Waals surface area contributed by atoms with E-state index >= 15 is 0 Å². The summed E-state index contributed by atoms with van der Waals surface area (Å²) in [5.74, 6) is 0. The first-order chi connectivity index (χ1) is 7.72. The lowest BCUT2D eigenvalue weighted by Gasteiger charge is -2.24. The van der Waals surface area contributed by atoms with Gasteiger partial charge in [-0.1, -0.05) is 22.0 Å². The maximum atomic E-state index is 5.58. The van der Waals surface area contributed by atoms with E-state index in [9.17, 15) is 0 Å². The molecule has 0 amide bonds. The zero-order valence-corrected chi connectivity index (χ0v) is 11.3. The molecule has 0 radical (unpaired) electrons. The van der Waals surface area contributed by atoms with Crippen LogP contribution in [0, 0.1) is 0 Å². The molecule has 0 spiro atoms. The van der Waals surface area contributed by atoms with E-state index in [1.165, 1.54) is 35.1 Å². The van der Waals surface area contributed by atoms with E-state index in [2.05, 4.69) is 46.0 Å². The summed E-state index contributed by atoms with van der Waals surface area (Å²) >= 11 is 3.63. The summed E-state index contributed by atoms with van der Waals surface area (Å²) in [5.41, 5.74) is 8.22. The van der Waals surface area contributed by atoms with Crippen LogP contribution in [0.1, 0.15) is 25.3 Å². The molecule has 1 unspecified atom stereocenters. The van der Waals surface area contributed by atoms with Crippen molar-refractivity contribution in [3.05, 3.63) is 28.2 Å². The van der Waals surface area contributed by atoms with Crippen LogP contribution < -0.4 is 10.6 Å². The summed E-state index contributed by atoms with van der Waals surface area (Å²) in [6.07, 6.45) is 3.56. The highest BCUT2D eigenvalue weighted by atomic mass is 79.9. The molecule has 1 atom stereocenters. The summed E-state index contributed by atoms with van der Waals surface area (Å²) in [7, 11) is 0. The van der Waals surface area contributed by atoms with Crippen LogP contribution in [0.25, 0.3) is 0 Å². The van der Waals surface area contributed by atoms with Crippen molar-refractivity contribution >= 4 is 21.6 Å². The van der Waals surface area contributed by atoms with Crippen LogP contribution >= 0.6 is 15.9 Å². The van der Waals surface area contributed by atoms with Gasteiger partial charge in [-0.05, 0) is 50.4 Å². The van der Waals surface area contributed by atoms with Gasteiger partial charge < -0.3 is 10.6 Å². The van der Waals surface area contributed by atoms with Gasteiger partial charge in [0.15, 0.2) is 0 Å². The molecule has 1 fully saturated rings. The maximum Gasteiger partial charge on any atom is 0.0380 e. The molecule has 16 heavy (non-hydrogen) atoms. The number of nitrogens with zero attached hydrogens (tertiary/aromatic N) is 1. The second kappa shape index (κ2) is 5.19. The zero-order chi connectivity index (χ0) is 11.5. The second-order valence-corrected chi connectivity index (χ2v) is 5.35. The lowest BCUT2D eigenvalue weighted by molar-refractivity contribution is 0.734. The van der Waals surface area contributed by atoms with Crippen molar-refractivity contribution in [3.63, 3.8) is 0 Å². The van der Waals surface area contributed by atoms with Crippen LogP contribution in [-0.2, 0) is 6.42 Å². The fourth-order valence-electron chi connectivity index (χ4n) is 2.39. The predicted molar refractivity (Wildman–Crippen MR) is 72.9 cm³/mol. The predicted octanol–water partition coefficient (Wildman–Crippen LogP) is 2.94. The lowest BCUT2D eigenvalue weighted by atomic mass is 10.1. The molecule has 2 N–H and O–H groups in total. The molecule has 1 aromatic rings. The van der Waals surface area contributed by atoms with Gasteiger partial charge in [0.25, 0.3) is 0 Å². The maximum absolute atomic E-state index is 5.58. The molecular weight excluding hydrogens is 264 g/mol. The minimum absolute atomic E-state index is 0.673. The molecule has 0 aromatic heterocycles. The standard InChI is InChI=1S/C13H19BrN2/c1-10-3-2-8-16(10)12-5-4-11(6-7-15)13(14)9-12/h4-5,9-10H,2-3,6-8,15H2,1H3. The Hall–Kier alpha value is -0.540. The average molecular weight is 283 g/mol. The first-order valence-electron chi connectivity index (χ1n) is 5.97. The Morgan fingerprint density at radius 3 is 2.88 bits per heavy atom. The monoisotopic (exact) mass is 282 g/mol. The third-order valence-corrected chi connectivity index (χ3v) is 4.07. The number of halogens is 1. The van der Waals surface area contributed by atoms with Crippen molar-refractivity contribution in [1.82, 2.24) is 0 Å². The quantitative estimate of drug-likeness (QED) is 0.924. The third-order valence-electron chi connectivity index (χ3n) is 3.33. The van der Waals surface area contributed by atoms with Crippen molar-refractivity contribution < 1.29 is 0 Å². The van der Waals surface area contributed by atoms with Gasteiger partial charge in [0.05, 0.1) is 0 Å². The van der Waals surface area contributed by atoms with Crippen molar-refractivity contribution in [2.75, 3.05) is 18.0 Å². The van der Waals surface area contributed by atoms with Crippen LogP contribution in [0.15, 0.2) is 22.7 Å². The Bertz CT molecular complexity index is 365. The Morgan fingerprint density at radius 1 is 1.50 bits per heavy atom. The summed E-state index contributed by atoms with van der Waals surface area (Å²) in [4.78, 5) is 2.48. The van der Waals surface area contributed by atoms with Crippen molar-refractivity contribution in [2.24, 2.45) is 5.73 Å². The van der Waals surface area contributed by atoms with E-state index in [4.69, 9.17) is 5.73 Å². The number of nitrogens with two attached hydrogens (primary N) is 1. The van der Waals surface area contributed by atoms with Gasteiger partial charge in [-0.15, -0.1) is 0 Å². The third kappa shape index (κ3) is 2.41. The SMILES string of the molecule is CC1CCCN1c1ccc(CCN)c(Br)c1. The minimum Gasteiger partial charge on any atom is -0.369 e. The lowest BCUT2D eigenvalue weighted by Crippen LogP contribution is -2.26. The average Bonchev–Trinajstić information content (AvgIpc) is 2.68. The molecule has 1 saturated heterocycles. The number of rotatable bonds is 3. The molecule has 1 aliphatic rings. The normalized spacial score (nSPS) is 20.4. The molecule has 2 rings (SSSR count). The van der Waals surface area contributed by atoms with Gasteiger partial charge in [0.2, 0.25) is 0 Å². The Kier molecular flexibility index (Phi) is 3.87. The largest absolute Gasteiger partial charge is 0.369 e. The van der Waals surface area contributed by atoms with E-state index in [1.807, 2.05) is 0 Å². The molecule has 3 heteroatoms. The molecule has 0 bridgehead atoms. The zero-order valence-electron chi connectivity index (χ0n) is 9.75. The van der Waals surface area contributed by atoms with Crippen molar-refractivity contribution in [2.45, 2.75) is 32.2 Å². The van der Waals surface area contributed by atoms with Gasteiger partial charge in [-0.25, -0.2) is 0 Å². The topological polar surface area (TPSA) is 29.3 Å². The van der Waals surface area contributed by atoms with E-state index in [-0.39, 0.29) is 0 Å². The van der Waals surface area contributed by atoms with Crippen molar-refractivity contribution in [3.8, 4) is 0 Å². The highest BCUT2D eigenvalue weighted by Crippen LogP contribution is 2.29. The van der Waals surface area contributed by atoms with Crippen LogP contribution in [-0.4, -0.2) is 19.1 Å². The number of anilines is 1. The molecule has 0 aliphatic carbocycles. The van der Waals surface area contributed by atoms with Gasteiger partial charge >= 0.3 is 0 Å². The van der Waals surface area contributed by atoms with E-state index < -0.39 is 0 Å². The van der Waals surface area contributed by atoms with E-state index in [0.717, 1.165) is 6.42 Å². The highest BCUT2D eigenvalue weighted by molar-refractivity contribution is 9.10. The number of hydrogen-bond donors (Lipinski definition) is 1. The van der Waals surface area contributed by atoms with Gasteiger partial charge in [0, 0.05) is 22.7 Å². The molecule has 1 aliphatic heterocycles. The fraction of sp³-hybridized carbons (Fsp3) is 0.538. The Morgan fingerprint density at radius 2 is 2.31 bits per heavy atom. The van der Waals surface area contributed by atoms with Crippen LogP contribution in [0.2, 0.25) is 0 Å².